The summed E-state index contributed by atoms with van der Waals surface area (Å²) in [5.41, 5.74) is 1.14. The number of anilines is 1. The first-order valence-electron chi connectivity index (χ1n) is 6.41. The molecule has 0 aliphatic carbocycles. The minimum atomic E-state index is 0.0186. The summed E-state index contributed by atoms with van der Waals surface area (Å²) >= 11 is 5.94. The maximum absolute atomic E-state index is 9.63. The second kappa shape index (κ2) is 5.47. The number of rotatable bonds is 2. The quantitative estimate of drug-likeness (QED) is 0.864. The van der Waals surface area contributed by atoms with E-state index in [4.69, 9.17) is 11.6 Å². The normalized spacial score (nSPS) is 23.8. The Bertz CT molecular complexity index is 391. The van der Waals surface area contributed by atoms with E-state index in [9.17, 15) is 5.11 Å². The van der Waals surface area contributed by atoms with Crippen molar-refractivity contribution in [1.82, 2.24) is 5.32 Å². The molecule has 2 rings (SSSR count). The molecule has 1 unspecified atom stereocenters. The van der Waals surface area contributed by atoms with Crippen LogP contribution in [-0.4, -0.2) is 36.4 Å². The van der Waals surface area contributed by atoms with Crippen LogP contribution in [-0.2, 0) is 0 Å². The molecule has 2 N–H and O–H groups in total. The first kappa shape index (κ1) is 13.7. The molecular weight excluding hydrogens is 248 g/mol. The maximum Gasteiger partial charge on any atom is 0.0650 e. The topological polar surface area (TPSA) is 35.5 Å². The van der Waals surface area contributed by atoms with E-state index in [0.29, 0.717) is 0 Å². The van der Waals surface area contributed by atoms with Gasteiger partial charge in [-0.05, 0) is 51.1 Å². The summed E-state index contributed by atoms with van der Waals surface area (Å²) in [5.74, 6) is 0. The Morgan fingerprint density at radius 2 is 2.06 bits per heavy atom. The number of hydrogen-bond acceptors (Lipinski definition) is 3. The van der Waals surface area contributed by atoms with Crippen molar-refractivity contribution in [2.75, 3.05) is 24.6 Å². The number of aliphatic hydroxyl groups is 1. The number of aliphatic hydroxyl groups excluding tert-OH is 1. The second-order valence-corrected chi connectivity index (χ2v) is 5.89. The fourth-order valence-electron chi connectivity index (χ4n) is 2.68. The average Bonchev–Trinajstić information content (AvgIpc) is 2.49. The van der Waals surface area contributed by atoms with Crippen molar-refractivity contribution >= 4 is 17.3 Å². The van der Waals surface area contributed by atoms with Gasteiger partial charge in [-0.3, -0.25) is 0 Å². The fraction of sp³-hybridized carbons (Fsp3) is 0.571. The Hall–Kier alpha value is -0.770. The zero-order valence-electron chi connectivity index (χ0n) is 11.0. The SMILES string of the molecule is CC1(C)CCNCC(CO)N1c1ccc(Cl)cc1. The smallest absolute Gasteiger partial charge is 0.0650 e. The molecule has 1 aliphatic rings. The summed E-state index contributed by atoms with van der Waals surface area (Å²) in [6, 6.07) is 7.96. The van der Waals surface area contributed by atoms with E-state index in [1.165, 1.54) is 0 Å². The molecule has 18 heavy (non-hydrogen) atoms. The first-order valence-corrected chi connectivity index (χ1v) is 6.79. The molecule has 0 aromatic heterocycles. The predicted octanol–water partition coefficient (Wildman–Crippen LogP) is 2.28. The van der Waals surface area contributed by atoms with Gasteiger partial charge in [0.05, 0.1) is 12.6 Å². The maximum atomic E-state index is 9.63. The summed E-state index contributed by atoms with van der Waals surface area (Å²) < 4.78 is 0. The third kappa shape index (κ3) is 2.79. The number of hydrogen-bond donors (Lipinski definition) is 2. The highest BCUT2D eigenvalue weighted by Crippen LogP contribution is 2.31. The molecule has 0 saturated carbocycles. The molecule has 1 aromatic carbocycles. The number of nitrogens with zero attached hydrogens (tertiary/aromatic N) is 1. The monoisotopic (exact) mass is 268 g/mol. The lowest BCUT2D eigenvalue weighted by Crippen LogP contribution is -2.52. The van der Waals surface area contributed by atoms with Gasteiger partial charge in [0.2, 0.25) is 0 Å². The lowest BCUT2D eigenvalue weighted by atomic mass is 9.96. The molecule has 1 aliphatic heterocycles. The standard InChI is InChI=1S/C14H21ClN2O/c1-14(2)7-8-16-9-13(10-18)17(14)12-5-3-11(15)4-6-12/h3-6,13,16,18H,7-10H2,1-2H3. The van der Waals surface area contributed by atoms with E-state index < -0.39 is 0 Å². The Kier molecular flexibility index (Phi) is 4.15. The van der Waals surface area contributed by atoms with Crippen LogP contribution in [0.3, 0.4) is 0 Å². The van der Waals surface area contributed by atoms with E-state index in [-0.39, 0.29) is 18.2 Å². The molecule has 4 heteroatoms. The van der Waals surface area contributed by atoms with Gasteiger partial charge in [-0.1, -0.05) is 11.6 Å². The molecule has 0 amide bonds. The highest BCUT2D eigenvalue weighted by molar-refractivity contribution is 6.30. The van der Waals surface area contributed by atoms with Gasteiger partial charge in [0.15, 0.2) is 0 Å². The Balaban J connectivity index is 2.36. The molecule has 1 heterocycles. The summed E-state index contributed by atoms with van der Waals surface area (Å²) in [6.07, 6.45) is 1.05. The first-order chi connectivity index (χ1) is 8.54. The molecule has 0 radical (unpaired) electrons. The zero-order valence-corrected chi connectivity index (χ0v) is 11.7. The van der Waals surface area contributed by atoms with Crippen LogP contribution >= 0.6 is 11.6 Å². The number of nitrogens with one attached hydrogen (secondary N) is 1. The Morgan fingerprint density at radius 3 is 2.67 bits per heavy atom. The third-order valence-electron chi connectivity index (χ3n) is 3.63. The van der Waals surface area contributed by atoms with Crippen molar-refractivity contribution in [2.24, 2.45) is 0 Å². The van der Waals surface area contributed by atoms with Crippen molar-refractivity contribution in [3.05, 3.63) is 29.3 Å². The third-order valence-corrected chi connectivity index (χ3v) is 3.88. The molecule has 0 spiro atoms. The fourth-order valence-corrected chi connectivity index (χ4v) is 2.80. The van der Waals surface area contributed by atoms with Gasteiger partial charge in [-0.2, -0.15) is 0 Å². The van der Waals surface area contributed by atoms with E-state index in [0.717, 1.165) is 30.2 Å². The van der Waals surface area contributed by atoms with Crippen LogP contribution in [0.2, 0.25) is 5.02 Å². The summed E-state index contributed by atoms with van der Waals surface area (Å²) in [7, 11) is 0. The molecule has 1 atom stereocenters. The van der Waals surface area contributed by atoms with Gasteiger partial charge in [-0.15, -0.1) is 0 Å². The van der Waals surface area contributed by atoms with Crippen LogP contribution in [0.4, 0.5) is 5.69 Å². The summed E-state index contributed by atoms with van der Waals surface area (Å²) in [6.45, 7) is 6.38. The van der Waals surface area contributed by atoms with Gasteiger partial charge in [0.25, 0.3) is 0 Å². The van der Waals surface area contributed by atoms with Crippen molar-refractivity contribution in [1.29, 1.82) is 0 Å². The van der Waals surface area contributed by atoms with E-state index in [1.807, 2.05) is 24.3 Å². The van der Waals surface area contributed by atoms with Crippen LogP contribution in [0.15, 0.2) is 24.3 Å². The lowest BCUT2D eigenvalue weighted by Gasteiger charge is -2.43. The predicted molar refractivity (Wildman–Crippen MR) is 76.4 cm³/mol. The highest BCUT2D eigenvalue weighted by Gasteiger charge is 2.34. The summed E-state index contributed by atoms with van der Waals surface area (Å²) in [5, 5.41) is 13.8. The average molecular weight is 269 g/mol. The van der Waals surface area contributed by atoms with Crippen LogP contribution in [0, 0.1) is 0 Å². The second-order valence-electron chi connectivity index (χ2n) is 5.45. The van der Waals surface area contributed by atoms with Crippen molar-refractivity contribution in [3.8, 4) is 0 Å². The zero-order chi connectivity index (χ0) is 13.2. The molecule has 100 valence electrons. The van der Waals surface area contributed by atoms with Crippen LogP contribution in [0.1, 0.15) is 20.3 Å². The van der Waals surface area contributed by atoms with Crippen molar-refractivity contribution in [3.63, 3.8) is 0 Å². The van der Waals surface area contributed by atoms with Crippen molar-refractivity contribution < 1.29 is 5.11 Å². The Labute approximate surface area is 114 Å². The Morgan fingerprint density at radius 1 is 1.39 bits per heavy atom. The minimum Gasteiger partial charge on any atom is -0.394 e. The molecule has 0 bridgehead atoms. The largest absolute Gasteiger partial charge is 0.394 e. The van der Waals surface area contributed by atoms with E-state index >= 15 is 0 Å². The lowest BCUT2D eigenvalue weighted by molar-refractivity contribution is 0.245. The molecule has 1 aromatic rings. The molecule has 1 saturated heterocycles. The van der Waals surface area contributed by atoms with Gasteiger partial charge in [-0.25, -0.2) is 0 Å². The summed E-state index contributed by atoms with van der Waals surface area (Å²) in [4.78, 5) is 2.31. The van der Waals surface area contributed by atoms with Gasteiger partial charge < -0.3 is 15.3 Å². The van der Waals surface area contributed by atoms with E-state index in [2.05, 4.69) is 24.1 Å². The van der Waals surface area contributed by atoms with Gasteiger partial charge in [0.1, 0.15) is 0 Å². The van der Waals surface area contributed by atoms with E-state index in [1.54, 1.807) is 0 Å². The van der Waals surface area contributed by atoms with Crippen LogP contribution < -0.4 is 10.2 Å². The molecule has 3 nitrogen and oxygen atoms in total. The van der Waals surface area contributed by atoms with Gasteiger partial charge in [0, 0.05) is 22.8 Å². The molecular formula is C14H21ClN2O. The van der Waals surface area contributed by atoms with Gasteiger partial charge >= 0.3 is 0 Å². The number of benzene rings is 1. The van der Waals surface area contributed by atoms with Crippen LogP contribution in [0.5, 0.6) is 0 Å². The number of halogens is 1. The minimum absolute atomic E-state index is 0.0186. The van der Waals surface area contributed by atoms with Crippen LogP contribution in [0.25, 0.3) is 0 Å². The highest BCUT2D eigenvalue weighted by atomic mass is 35.5. The van der Waals surface area contributed by atoms with Crippen molar-refractivity contribution in [2.45, 2.75) is 31.8 Å². The molecule has 1 fully saturated rings.